The molecule has 29 heavy (non-hydrogen) atoms. The van der Waals surface area contributed by atoms with Crippen LogP contribution in [0.3, 0.4) is 0 Å². The van der Waals surface area contributed by atoms with Gasteiger partial charge in [0.1, 0.15) is 11.6 Å². The summed E-state index contributed by atoms with van der Waals surface area (Å²) in [5.74, 6) is 2.06. The number of aromatic nitrogens is 3. The molecule has 0 aliphatic carbocycles. The molecule has 4 rings (SSSR count). The number of piperazine rings is 1. The number of nitrogens with one attached hydrogen (secondary N) is 1. The molecule has 0 spiro atoms. The van der Waals surface area contributed by atoms with Crippen LogP contribution >= 0.6 is 0 Å². The molecule has 8 heteroatoms. The number of rotatable bonds is 5. The first-order valence-electron chi connectivity index (χ1n) is 9.41. The van der Waals surface area contributed by atoms with Crippen molar-refractivity contribution < 1.29 is 9.53 Å². The number of benzene rings is 1. The van der Waals surface area contributed by atoms with Crippen LogP contribution in [0.25, 0.3) is 0 Å². The van der Waals surface area contributed by atoms with Crippen LogP contribution in [0.1, 0.15) is 10.4 Å². The van der Waals surface area contributed by atoms with E-state index in [1.807, 2.05) is 29.2 Å². The highest BCUT2D eigenvalue weighted by Gasteiger charge is 2.23. The number of amides is 1. The quantitative estimate of drug-likeness (QED) is 0.717. The molecule has 0 bridgehead atoms. The molecule has 1 aliphatic heterocycles. The molecule has 1 saturated heterocycles. The van der Waals surface area contributed by atoms with E-state index in [-0.39, 0.29) is 5.91 Å². The zero-order valence-electron chi connectivity index (χ0n) is 16.2. The maximum atomic E-state index is 12.9. The van der Waals surface area contributed by atoms with Gasteiger partial charge in [0.25, 0.3) is 5.91 Å². The summed E-state index contributed by atoms with van der Waals surface area (Å²) in [6.07, 6.45) is 5.10. The van der Waals surface area contributed by atoms with Crippen molar-refractivity contribution in [3.63, 3.8) is 0 Å². The summed E-state index contributed by atoms with van der Waals surface area (Å²) in [6, 6.07) is 12.9. The molecule has 1 amide bonds. The Kier molecular flexibility index (Phi) is 5.51. The van der Waals surface area contributed by atoms with Crippen molar-refractivity contribution in [3.05, 3.63) is 66.6 Å². The van der Waals surface area contributed by atoms with Crippen LogP contribution < -0.4 is 15.0 Å². The molecule has 0 saturated carbocycles. The zero-order chi connectivity index (χ0) is 20.1. The van der Waals surface area contributed by atoms with Gasteiger partial charge in [-0.3, -0.25) is 4.79 Å². The first-order valence-corrected chi connectivity index (χ1v) is 9.41. The third-order valence-corrected chi connectivity index (χ3v) is 4.75. The zero-order valence-corrected chi connectivity index (χ0v) is 16.2. The maximum Gasteiger partial charge on any atom is 0.254 e. The highest BCUT2D eigenvalue weighted by atomic mass is 16.5. The Morgan fingerprint density at radius 1 is 0.966 bits per heavy atom. The second kappa shape index (κ2) is 8.55. The van der Waals surface area contributed by atoms with Gasteiger partial charge in [0.2, 0.25) is 5.95 Å². The fourth-order valence-corrected chi connectivity index (χ4v) is 3.23. The summed E-state index contributed by atoms with van der Waals surface area (Å²) >= 11 is 0. The standard InChI is InChI=1S/C21H22N6O2/c1-29-18-5-2-4-17(15-18)25-19-14-16(6-9-22-19)20(28)26-10-12-27(13-11-26)21-23-7-3-8-24-21/h2-9,14-15H,10-13H2,1H3,(H,22,25). The van der Waals surface area contributed by atoms with E-state index in [1.54, 1.807) is 43.9 Å². The number of anilines is 3. The van der Waals surface area contributed by atoms with Crippen LogP contribution in [-0.2, 0) is 0 Å². The molecule has 0 atom stereocenters. The van der Waals surface area contributed by atoms with Crippen LogP contribution in [0.5, 0.6) is 5.75 Å². The van der Waals surface area contributed by atoms with E-state index in [1.165, 1.54) is 0 Å². The highest BCUT2D eigenvalue weighted by molar-refractivity contribution is 5.95. The van der Waals surface area contributed by atoms with Crippen molar-refractivity contribution in [3.8, 4) is 5.75 Å². The summed E-state index contributed by atoms with van der Waals surface area (Å²) in [6.45, 7) is 2.65. The van der Waals surface area contributed by atoms with Gasteiger partial charge in [-0.15, -0.1) is 0 Å². The summed E-state index contributed by atoms with van der Waals surface area (Å²) < 4.78 is 5.24. The third-order valence-electron chi connectivity index (χ3n) is 4.75. The minimum Gasteiger partial charge on any atom is -0.497 e. The van der Waals surface area contributed by atoms with Gasteiger partial charge in [-0.05, 0) is 30.3 Å². The Morgan fingerprint density at radius 3 is 2.52 bits per heavy atom. The lowest BCUT2D eigenvalue weighted by atomic mass is 10.2. The average Bonchev–Trinajstić information content (AvgIpc) is 2.79. The van der Waals surface area contributed by atoms with Gasteiger partial charge in [0, 0.05) is 62.1 Å². The normalized spacial score (nSPS) is 13.8. The Balaban J connectivity index is 1.41. The summed E-state index contributed by atoms with van der Waals surface area (Å²) in [4.78, 5) is 29.8. The molecule has 1 aliphatic rings. The Morgan fingerprint density at radius 2 is 1.76 bits per heavy atom. The predicted molar refractivity (Wildman–Crippen MR) is 111 cm³/mol. The number of hydrogen-bond donors (Lipinski definition) is 1. The van der Waals surface area contributed by atoms with Crippen LogP contribution in [0.4, 0.5) is 17.5 Å². The van der Waals surface area contributed by atoms with E-state index in [4.69, 9.17) is 4.74 Å². The molecule has 1 N–H and O–H groups in total. The molecule has 1 aromatic carbocycles. The number of carbonyl (C=O) groups excluding carboxylic acids is 1. The first-order chi connectivity index (χ1) is 14.2. The topological polar surface area (TPSA) is 83.5 Å². The number of pyridine rings is 1. The second-order valence-corrected chi connectivity index (χ2v) is 6.61. The van der Waals surface area contributed by atoms with Gasteiger partial charge >= 0.3 is 0 Å². The number of nitrogens with zero attached hydrogens (tertiary/aromatic N) is 5. The van der Waals surface area contributed by atoms with Crippen molar-refractivity contribution in [2.24, 2.45) is 0 Å². The third kappa shape index (κ3) is 4.43. The van der Waals surface area contributed by atoms with E-state index in [0.717, 1.165) is 11.4 Å². The van der Waals surface area contributed by atoms with E-state index < -0.39 is 0 Å². The van der Waals surface area contributed by atoms with Crippen molar-refractivity contribution in [1.29, 1.82) is 0 Å². The van der Waals surface area contributed by atoms with Gasteiger partial charge in [0.05, 0.1) is 7.11 Å². The molecule has 2 aromatic heterocycles. The largest absolute Gasteiger partial charge is 0.497 e. The van der Waals surface area contributed by atoms with Gasteiger partial charge in [-0.25, -0.2) is 15.0 Å². The van der Waals surface area contributed by atoms with Crippen molar-refractivity contribution in [2.75, 3.05) is 43.5 Å². The maximum absolute atomic E-state index is 12.9. The van der Waals surface area contributed by atoms with Gasteiger partial charge in [-0.2, -0.15) is 0 Å². The molecule has 8 nitrogen and oxygen atoms in total. The highest BCUT2D eigenvalue weighted by Crippen LogP contribution is 2.21. The SMILES string of the molecule is COc1cccc(Nc2cc(C(=O)N3CCN(c4ncccn4)CC3)ccn2)c1. The van der Waals surface area contributed by atoms with Crippen LogP contribution in [-0.4, -0.2) is 59.0 Å². The van der Waals surface area contributed by atoms with Crippen LogP contribution in [0, 0.1) is 0 Å². The van der Waals surface area contributed by atoms with Gasteiger partial charge in [0.15, 0.2) is 0 Å². The minimum absolute atomic E-state index is 0.00489. The second-order valence-electron chi connectivity index (χ2n) is 6.61. The lowest BCUT2D eigenvalue weighted by molar-refractivity contribution is 0.0746. The number of carbonyl (C=O) groups is 1. The molecule has 3 aromatic rings. The van der Waals surface area contributed by atoms with Crippen molar-refractivity contribution in [1.82, 2.24) is 19.9 Å². The molecule has 148 valence electrons. The van der Waals surface area contributed by atoms with Crippen LogP contribution in [0.15, 0.2) is 61.1 Å². The monoisotopic (exact) mass is 390 g/mol. The van der Waals surface area contributed by atoms with Gasteiger partial charge in [-0.1, -0.05) is 6.07 Å². The molecule has 0 unspecified atom stereocenters. The molecule has 0 radical (unpaired) electrons. The molecular weight excluding hydrogens is 368 g/mol. The van der Waals surface area contributed by atoms with E-state index in [9.17, 15) is 4.79 Å². The first kappa shape index (κ1) is 18.7. The van der Waals surface area contributed by atoms with Crippen molar-refractivity contribution >= 4 is 23.4 Å². The Bertz CT molecular complexity index is 974. The number of methoxy groups -OCH3 is 1. The lowest BCUT2D eigenvalue weighted by Crippen LogP contribution is -2.49. The van der Waals surface area contributed by atoms with E-state index >= 15 is 0 Å². The van der Waals surface area contributed by atoms with Crippen molar-refractivity contribution in [2.45, 2.75) is 0 Å². The smallest absolute Gasteiger partial charge is 0.254 e. The Labute approximate surface area is 169 Å². The van der Waals surface area contributed by atoms with Gasteiger partial charge < -0.3 is 19.9 Å². The Hall–Kier alpha value is -3.68. The van der Waals surface area contributed by atoms with E-state index in [2.05, 4.69) is 25.2 Å². The predicted octanol–water partition coefficient (Wildman–Crippen LogP) is 2.59. The fourth-order valence-electron chi connectivity index (χ4n) is 3.23. The molecular formula is C21H22N6O2. The lowest BCUT2D eigenvalue weighted by Gasteiger charge is -2.34. The number of ether oxygens (including phenoxy) is 1. The van der Waals surface area contributed by atoms with Crippen LogP contribution in [0.2, 0.25) is 0 Å². The summed E-state index contributed by atoms with van der Waals surface area (Å²) in [5, 5.41) is 3.22. The minimum atomic E-state index is -0.00489. The van der Waals surface area contributed by atoms with E-state index in [0.29, 0.717) is 43.5 Å². The fraction of sp³-hybridized carbons (Fsp3) is 0.238. The molecule has 3 heterocycles. The summed E-state index contributed by atoms with van der Waals surface area (Å²) in [7, 11) is 1.63. The molecule has 1 fully saturated rings. The summed E-state index contributed by atoms with van der Waals surface area (Å²) in [5.41, 5.74) is 1.45. The number of hydrogen-bond acceptors (Lipinski definition) is 7. The average molecular weight is 390 g/mol.